The summed E-state index contributed by atoms with van der Waals surface area (Å²) in [6.45, 7) is 6.77. The molecule has 0 aliphatic carbocycles. The van der Waals surface area contributed by atoms with Gasteiger partial charge < -0.3 is 0 Å². The fourth-order valence-electron chi connectivity index (χ4n) is 2.14. The Kier molecular flexibility index (Phi) is 5.45. The highest BCUT2D eigenvalue weighted by molar-refractivity contribution is 5.30. The number of hydrogen-bond donors (Lipinski definition) is 0. The zero-order chi connectivity index (χ0) is 11.1. The van der Waals surface area contributed by atoms with Crippen LogP contribution in [-0.4, -0.2) is 0 Å². The third-order valence-corrected chi connectivity index (χ3v) is 2.73. The standard InChI is InChI=1S/C15H24/c1-4-7-13-10-14(8-5-2)12-15(11-13)9-6-3/h10-12H,4-9H2,1-3H3. The van der Waals surface area contributed by atoms with E-state index in [9.17, 15) is 0 Å². The summed E-state index contributed by atoms with van der Waals surface area (Å²) in [5.41, 5.74) is 4.60. The molecule has 0 heterocycles. The van der Waals surface area contributed by atoms with Gasteiger partial charge in [0.15, 0.2) is 0 Å². The zero-order valence-corrected chi connectivity index (χ0v) is 10.5. The second-order valence-corrected chi connectivity index (χ2v) is 4.41. The van der Waals surface area contributed by atoms with E-state index in [1.807, 2.05) is 0 Å². The lowest BCUT2D eigenvalue weighted by atomic mass is 9.98. The Hall–Kier alpha value is -0.780. The molecule has 1 rings (SSSR count). The lowest BCUT2D eigenvalue weighted by Gasteiger charge is -2.08. The molecule has 0 aromatic heterocycles. The topological polar surface area (TPSA) is 0 Å². The number of aryl methyl sites for hydroxylation is 3. The minimum atomic E-state index is 1.23. The third-order valence-electron chi connectivity index (χ3n) is 2.73. The van der Waals surface area contributed by atoms with Crippen LogP contribution in [0.1, 0.15) is 56.7 Å². The second-order valence-electron chi connectivity index (χ2n) is 4.41. The Morgan fingerprint density at radius 3 is 1.07 bits per heavy atom. The van der Waals surface area contributed by atoms with Crippen LogP contribution in [-0.2, 0) is 19.3 Å². The van der Waals surface area contributed by atoms with Gasteiger partial charge in [-0.2, -0.15) is 0 Å². The average Bonchev–Trinajstić information content (AvgIpc) is 2.19. The molecule has 1 aromatic rings. The van der Waals surface area contributed by atoms with Crippen molar-refractivity contribution in [3.63, 3.8) is 0 Å². The minimum absolute atomic E-state index is 1.23. The summed E-state index contributed by atoms with van der Waals surface area (Å²) in [7, 11) is 0. The third kappa shape index (κ3) is 4.07. The first-order valence-corrected chi connectivity index (χ1v) is 6.41. The van der Waals surface area contributed by atoms with E-state index in [2.05, 4.69) is 39.0 Å². The Balaban J connectivity index is 2.86. The first kappa shape index (κ1) is 12.3. The van der Waals surface area contributed by atoms with Gasteiger partial charge in [0.2, 0.25) is 0 Å². The Morgan fingerprint density at radius 1 is 0.600 bits per heavy atom. The predicted molar refractivity (Wildman–Crippen MR) is 68.4 cm³/mol. The van der Waals surface area contributed by atoms with Crippen LogP contribution in [0.25, 0.3) is 0 Å². The van der Waals surface area contributed by atoms with Crippen molar-refractivity contribution in [1.82, 2.24) is 0 Å². The molecule has 0 heteroatoms. The van der Waals surface area contributed by atoms with Crippen LogP contribution < -0.4 is 0 Å². The molecule has 0 aliphatic rings. The van der Waals surface area contributed by atoms with Crippen LogP contribution in [0.3, 0.4) is 0 Å². The number of hydrogen-bond acceptors (Lipinski definition) is 0. The summed E-state index contributed by atoms with van der Waals surface area (Å²) in [6, 6.07) is 7.18. The van der Waals surface area contributed by atoms with E-state index in [4.69, 9.17) is 0 Å². The summed E-state index contributed by atoms with van der Waals surface area (Å²) in [5.74, 6) is 0. The summed E-state index contributed by atoms with van der Waals surface area (Å²) < 4.78 is 0. The summed E-state index contributed by atoms with van der Waals surface area (Å²) in [5, 5.41) is 0. The quantitative estimate of drug-likeness (QED) is 0.638. The van der Waals surface area contributed by atoms with Crippen molar-refractivity contribution in [1.29, 1.82) is 0 Å². The van der Waals surface area contributed by atoms with Gasteiger partial charge in [0.25, 0.3) is 0 Å². The molecule has 0 unspecified atom stereocenters. The molecule has 0 spiro atoms. The molecule has 0 aliphatic heterocycles. The van der Waals surface area contributed by atoms with Crippen molar-refractivity contribution >= 4 is 0 Å². The van der Waals surface area contributed by atoms with E-state index in [0.29, 0.717) is 0 Å². The first-order valence-electron chi connectivity index (χ1n) is 6.41. The van der Waals surface area contributed by atoms with Crippen LogP contribution in [0.2, 0.25) is 0 Å². The lowest BCUT2D eigenvalue weighted by Crippen LogP contribution is -1.93. The monoisotopic (exact) mass is 204 g/mol. The zero-order valence-electron chi connectivity index (χ0n) is 10.5. The average molecular weight is 204 g/mol. The molecule has 0 radical (unpaired) electrons. The van der Waals surface area contributed by atoms with Crippen molar-refractivity contribution in [2.75, 3.05) is 0 Å². The van der Waals surface area contributed by atoms with E-state index in [-0.39, 0.29) is 0 Å². The Labute approximate surface area is 94.7 Å². The SMILES string of the molecule is CCCc1cc(CCC)cc(CCC)c1. The molecule has 0 nitrogen and oxygen atoms in total. The molecule has 0 atom stereocenters. The van der Waals surface area contributed by atoms with Crippen LogP contribution in [0.4, 0.5) is 0 Å². The molecule has 0 bridgehead atoms. The second kappa shape index (κ2) is 6.66. The maximum atomic E-state index is 2.40. The van der Waals surface area contributed by atoms with E-state index in [1.54, 1.807) is 0 Å². The highest BCUT2D eigenvalue weighted by Crippen LogP contribution is 2.15. The minimum Gasteiger partial charge on any atom is -0.0651 e. The van der Waals surface area contributed by atoms with Crippen LogP contribution in [0.15, 0.2) is 18.2 Å². The van der Waals surface area contributed by atoms with Gasteiger partial charge in [0, 0.05) is 0 Å². The molecule has 84 valence electrons. The number of rotatable bonds is 6. The molecule has 0 amide bonds. The maximum Gasteiger partial charge on any atom is -0.0281 e. The summed E-state index contributed by atoms with van der Waals surface area (Å²) in [6.07, 6.45) is 7.44. The molecule has 0 saturated carbocycles. The predicted octanol–water partition coefficient (Wildman–Crippen LogP) is 4.54. The van der Waals surface area contributed by atoms with E-state index < -0.39 is 0 Å². The van der Waals surface area contributed by atoms with Gasteiger partial charge in [-0.3, -0.25) is 0 Å². The summed E-state index contributed by atoms with van der Waals surface area (Å²) in [4.78, 5) is 0. The van der Waals surface area contributed by atoms with Gasteiger partial charge in [-0.15, -0.1) is 0 Å². The van der Waals surface area contributed by atoms with E-state index in [0.717, 1.165) is 0 Å². The fraction of sp³-hybridized carbons (Fsp3) is 0.600. The van der Waals surface area contributed by atoms with Crippen LogP contribution in [0, 0.1) is 0 Å². The molecule has 1 aromatic carbocycles. The van der Waals surface area contributed by atoms with Crippen LogP contribution in [0.5, 0.6) is 0 Å². The molecule has 0 N–H and O–H groups in total. The molecule has 0 saturated heterocycles. The highest BCUT2D eigenvalue weighted by atomic mass is 14.1. The molecule has 0 fully saturated rings. The van der Waals surface area contributed by atoms with Crippen molar-refractivity contribution in [3.8, 4) is 0 Å². The normalized spacial score (nSPS) is 10.6. The molecular weight excluding hydrogens is 180 g/mol. The van der Waals surface area contributed by atoms with Gasteiger partial charge in [-0.25, -0.2) is 0 Å². The lowest BCUT2D eigenvalue weighted by molar-refractivity contribution is 0.871. The van der Waals surface area contributed by atoms with Crippen LogP contribution >= 0.6 is 0 Å². The van der Waals surface area contributed by atoms with Crippen molar-refractivity contribution in [2.24, 2.45) is 0 Å². The maximum absolute atomic E-state index is 2.40. The first-order chi connectivity index (χ1) is 7.30. The van der Waals surface area contributed by atoms with Gasteiger partial charge in [0.1, 0.15) is 0 Å². The van der Waals surface area contributed by atoms with Gasteiger partial charge >= 0.3 is 0 Å². The van der Waals surface area contributed by atoms with Crippen molar-refractivity contribution < 1.29 is 0 Å². The smallest absolute Gasteiger partial charge is 0.0281 e. The van der Waals surface area contributed by atoms with Gasteiger partial charge in [-0.1, -0.05) is 58.2 Å². The van der Waals surface area contributed by atoms with Crippen molar-refractivity contribution in [3.05, 3.63) is 34.9 Å². The Morgan fingerprint density at radius 2 is 0.867 bits per heavy atom. The highest BCUT2D eigenvalue weighted by Gasteiger charge is 2.00. The summed E-state index contributed by atoms with van der Waals surface area (Å²) >= 11 is 0. The molecular formula is C15H24. The van der Waals surface area contributed by atoms with E-state index >= 15 is 0 Å². The number of benzene rings is 1. The molecule has 15 heavy (non-hydrogen) atoms. The Bertz CT molecular complexity index is 226. The van der Waals surface area contributed by atoms with Crippen molar-refractivity contribution in [2.45, 2.75) is 59.3 Å². The van der Waals surface area contributed by atoms with Gasteiger partial charge in [0.05, 0.1) is 0 Å². The largest absolute Gasteiger partial charge is 0.0651 e. The van der Waals surface area contributed by atoms with Gasteiger partial charge in [-0.05, 0) is 36.0 Å². The van der Waals surface area contributed by atoms with E-state index in [1.165, 1.54) is 55.2 Å². The fourth-order valence-corrected chi connectivity index (χ4v) is 2.14.